The second-order valence-electron chi connectivity index (χ2n) is 9.89. The van der Waals surface area contributed by atoms with E-state index in [9.17, 15) is 14.3 Å². The van der Waals surface area contributed by atoms with E-state index in [1.54, 1.807) is 33.9 Å². The highest BCUT2D eigenvalue weighted by Gasteiger charge is 2.34. The van der Waals surface area contributed by atoms with Gasteiger partial charge >= 0.3 is 5.97 Å². The highest BCUT2D eigenvalue weighted by atomic mass is 19.1. The second kappa shape index (κ2) is 10.5. The van der Waals surface area contributed by atoms with Crippen LogP contribution in [0.15, 0.2) is 65.2 Å². The molecule has 0 bridgehead atoms. The molecular formula is C29H29FN2O5. The average Bonchev–Trinajstić information content (AvgIpc) is 3.33. The lowest BCUT2D eigenvalue weighted by molar-refractivity contribution is -0.150. The molecule has 1 aromatic heterocycles. The first-order valence-electron chi connectivity index (χ1n) is 11.8. The molecule has 0 aliphatic heterocycles. The van der Waals surface area contributed by atoms with Crippen molar-refractivity contribution >= 4 is 5.97 Å². The highest BCUT2D eigenvalue weighted by molar-refractivity contribution is 5.75. The van der Waals surface area contributed by atoms with Crippen LogP contribution in [0.5, 0.6) is 5.75 Å². The van der Waals surface area contributed by atoms with E-state index in [0.29, 0.717) is 17.7 Å². The molecule has 4 aromatic rings. The summed E-state index contributed by atoms with van der Waals surface area (Å²) in [6.07, 6.45) is -1.21. The molecule has 8 heteroatoms. The van der Waals surface area contributed by atoms with Crippen LogP contribution in [0.2, 0.25) is 0 Å². The molecule has 37 heavy (non-hydrogen) atoms. The summed E-state index contributed by atoms with van der Waals surface area (Å²) in [7, 11) is 1.64. The Bertz CT molecular complexity index is 1420. The van der Waals surface area contributed by atoms with Crippen molar-refractivity contribution in [2.24, 2.45) is 5.41 Å². The monoisotopic (exact) mass is 504 g/mol. The van der Waals surface area contributed by atoms with Crippen molar-refractivity contribution in [3.8, 4) is 39.7 Å². The van der Waals surface area contributed by atoms with Crippen LogP contribution >= 0.6 is 0 Å². The normalized spacial score (nSPS) is 12.4. The number of carbonyl (C=O) groups is 1. The van der Waals surface area contributed by atoms with Crippen molar-refractivity contribution < 1.29 is 28.3 Å². The van der Waals surface area contributed by atoms with E-state index in [1.165, 1.54) is 12.1 Å². The smallest absolute Gasteiger partial charge is 0.345 e. The van der Waals surface area contributed by atoms with Crippen molar-refractivity contribution in [2.45, 2.75) is 40.4 Å². The number of hydrogen-bond acceptors (Lipinski definition) is 6. The summed E-state index contributed by atoms with van der Waals surface area (Å²) < 4.78 is 31.2. The number of methoxy groups -OCH3 is 1. The SMILES string of the molecule is COCc1cc(-c2nc(-c3ccc(OC(C(=O)O)C(C)(C)C)c(F)c3)no2)ccc1-c1ccccc1C. The molecule has 1 N–H and O–H groups in total. The van der Waals surface area contributed by atoms with E-state index in [2.05, 4.69) is 29.2 Å². The van der Waals surface area contributed by atoms with Gasteiger partial charge in [-0.05, 0) is 59.5 Å². The van der Waals surface area contributed by atoms with Gasteiger partial charge in [-0.25, -0.2) is 9.18 Å². The van der Waals surface area contributed by atoms with Crippen molar-refractivity contribution in [3.05, 3.63) is 77.6 Å². The summed E-state index contributed by atoms with van der Waals surface area (Å²) in [5, 5.41) is 13.5. The van der Waals surface area contributed by atoms with Crippen LogP contribution in [0.25, 0.3) is 34.0 Å². The Balaban J connectivity index is 1.62. The summed E-state index contributed by atoms with van der Waals surface area (Å²) in [6, 6.07) is 18.1. The lowest BCUT2D eigenvalue weighted by Gasteiger charge is -2.27. The molecule has 1 unspecified atom stereocenters. The number of hydrogen-bond donors (Lipinski definition) is 1. The van der Waals surface area contributed by atoms with Gasteiger partial charge in [0.2, 0.25) is 11.9 Å². The Labute approximate surface area is 214 Å². The summed E-state index contributed by atoms with van der Waals surface area (Å²) in [5.74, 6) is -1.57. The largest absolute Gasteiger partial charge is 0.478 e. The van der Waals surface area contributed by atoms with Crippen LogP contribution in [0.1, 0.15) is 31.9 Å². The fourth-order valence-electron chi connectivity index (χ4n) is 4.06. The van der Waals surface area contributed by atoms with Gasteiger partial charge in [0.1, 0.15) is 0 Å². The molecule has 0 aliphatic rings. The quantitative estimate of drug-likeness (QED) is 0.291. The highest BCUT2D eigenvalue weighted by Crippen LogP contribution is 2.33. The Morgan fingerprint density at radius 1 is 1.05 bits per heavy atom. The molecule has 0 radical (unpaired) electrons. The summed E-state index contributed by atoms with van der Waals surface area (Å²) in [6.45, 7) is 7.60. The van der Waals surface area contributed by atoms with Gasteiger partial charge in [-0.1, -0.05) is 56.3 Å². The van der Waals surface area contributed by atoms with Crippen LogP contribution in [-0.4, -0.2) is 34.4 Å². The third-order valence-electron chi connectivity index (χ3n) is 5.96. The van der Waals surface area contributed by atoms with Crippen molar-refractivity contribution in [2.75, 3.05) is 7.11 Å². The maximum Gasteiger partial charge on any atom is 0.345 e. The topological polar surface area (TPSA) is 94.7 Å². The number of ether oxygens (including phenoxy) is 2. The maximum atomic E-state index is 14.8. The molecule has 0 fully saturated rings. The molecular weight excluding hydrogens is 475 g/mol. The molecule has 0 saturated heterocycles. The maximum absolute atomic E-state index is 14.8. The van der Waals surface area contributed by atoms with E-state index < -0.39 is 23.3 Å². The minimum atomic E-state index is -1.21. The molecule has 1 heterocycles. The number of carboxylic acids is 1. The lowest BCUT2D eigenvalue weighted by Crippen LogP contribution is -2.39. The van der Waals surface area contributed by atoms with Gasteiger partial charge in [-0.2, -0.15) is 4.98 Å². The summed E-state index contributed by atoms with van der Waals surface area (Å²) in [5.41, 5.74) is 4.63. The minimum absolute atomic E-state index is 0.161. The zero-order valence-electron chi connectivity index (χ0n) is 21.4. The average molecular weight is 505 g/mol. The zero-order valence-corrected chi connectivity index (χ0v) is 21.4. The van der Waals surface area contributed by atoms with Crippen LogP contribution in [0, 0.1) is 18.2 Å². The summed E-state index contributed by atoms with van der Waals surface area (Å²) >= 11 is 0. The van der Waals surface area contributed by atoms with Gasteiger partial charge in [0.25, 0.3) is 5.89 Å². The van der Waals surface area contributed by atoms with E-state index in [4.69, 9.17) is 14.0 Å². The Morgan fingerprint density at radius 2 is 1.78 bits per heavy atom. The molecule has 192 valence electrons. The van der Waals surface area contributed by atoms with Crippen molar-refractivity contribution in [1.29, 1.82) is 0 Å². The minimum Gasteiger partial charge on any atom is -0.478 e. The molecule has 0 spiro atoms. The number of nitrogens with zero attached hydrogens (tertiary/aromatic N) is 2. The molecule has 0 aliphatic carbocycles. The predicted octanol–water partition coefficient (Wildman–Crippen LogP) is 6.54. The number of carboxylic acid groups (broad SMARTS) is 1. The molecule has 7 nitrogen and oxygen atoms in total. The van der Waals surface area contributed by atoms with E-state index in [0.717, 1.165) is 22.3 Å². The Morgan fingerprint density at radius 3 is 2.43 bits per heavy atom. The molecule has 1 atom stereocenters. The third kappa shape index (κ3) is 5.70. The second-order valence-corrected chi connectivity index (χ2v) is 9.89. The Hall–Kier alpha value is -4.04. The van der Waals surface area contributed by atoms with Gasteiger partial charge in [0, 0.05) is 23.7 Å². The Kier molecular flexibility index (Phi) is 7.40. The van der Waals surface area contributed by atoms with Gasteiger partial charge in [-0.15, -0.1) is 0 Å². The van der Waals surface area contributed by atoms with Crippen LogP contribution in [-0.2, 0) is 16.1 Å². The molecule has 0 amide bonds. The predicted molar refractivity (Wildman–Crippen MR) is 138 cm³/mol. The fraction of sp³-hybridized carbons (Fsp3) is 0.276. The van der Waals surface area contributed by atoms with E-state index >= 15 is 0 Å². The number of halogens is 1. The van der Waals surface area contributed by atoms with Gasteiger partial charge in [-0.3, -0.25) is 0 Å². The number of aryl methyl sites for hydroxylation is 1. The first-order chi connectivity index (χ1) is 17.6. The van der Waals surface area contributed by atoms with Crippen LogP contribution in [0.3, 0.4) is 0 Å². The third-order valence-corrected chi connectivity index (χ3v) is 5.96. The standard InChI is InChI=1S/C29H29FN2O5/c1-17-8-6-7-9-21(17)22-12-10-19(14-20(22)16-35-5)27-31-26(32-37-27)18-11-13-24(23(30)15-18)36-25(28(33)34)29(2,3)4/h6-15,25H,16H2,1-5H3,(H,33,34). The molecule has 0 saturated carbocycles. The number of benzene rings is 3. The lowest BCUT2D eigenvalue weighted by atomic mass is 9.89. The summed E-state index contributed by atoms with van der Waals surface area (Å²) in [4.78, 5) is 16.0. The zero-order chi connectivity index (χ0) is 26.7. The molecule has 3 aromatic carbocycles. The van der Waals surface area contributed by atoms with E-state index in [1.807, 2.05) is 30.3 Å². The first-order valence-corrected chi connectivity index (χ1v) is 11.8. The number of aliphatic carboxylic acids is 1. The van der Waals surface area contributed by atoms with Gasteiger partial charge in [0.15, 0.2) is 11.6 Å². The van der Waals surface area contributed by atoms with E-state index in [-0.39, 0.29) is 17.5 Å². The number of rotatable bonds is 8. The van der Waals surface area contributed by atoms with Crippen LogP contribution < -0.4 is 4.74 Å². The van der Waals surface area contributed by atoms with Crippen LogP contribution in [0.4, 0.5) is 4.39 Å². The van der Waals surface area contributed by atoms with Gasteiger partial charge in [0.05, 0.1) is 6.61 Å². The molecule has 4 rings (SSSR count). The number of aromatic nitrogens is 2. The fourth-order valence-corrected chi connectivity index (χ4v) is 4.06. The van der Waals surface area contributed by atoms with Gasteiger partial charge < -0.3 is 19.1 Å². The van der Waals surface area contributed by atoms with Crippen molar-refractivity contribution in [3.63, 3.8) is 0 Å². The first kappa shape index (κ1) is 26.0. The van der Waals surface area contributed by atoms with Crippen molar-refractivity contribution in [1.82, 2.24) is 10.1 Å².